The molecule has 1 N–H and O–H groups in total. The Bertz CT molecular complexity index is 801. The molecule has 2 aromatic rings. The molecule has 2 heterocycles. The number of pyridine rings is 1. The lowest BCUT2D eigenvalue weighted by Crippen LogP contribution is -2.36. The highest BCUT2D eigenvalue weighted by Crippen LogP contribution is 2.32. The van der Waals surface area contributed by atoms with E-state index in [0.29, 0.717) is 6.54 Å². The maximum atomic E-state index is 12.9. The lowest BCUT2D eigenvalue weighted by atomic mass is 10.1. The largest absolute Gasteiger partial charge is 0.347 e. The fraction of sp³-hybridized carbons (Fsp3) is 0.211. The van der Waals surface area contributed by atoms with Gasteiger partial charge in [-0.25, -0.2) is 4.98 Å². The van der Waals surface area contributed by atoms with Crippen molar-refractivity contribution in [3.05, 3.63) is 72.1 Å². The second-order valence-corrected chi connectivity index (χ2v) is 5.76. The van der Waals surface area contributed by atoms with Crippen LogP contribution in [0.4, 0.5) is 5.69 Å². The number of rotatable bonds is 4. The molecule has 2 amide bonds. The second-order valence-electron chi connectivity index (χ2n) is 5.76. The van der Waals surface area contributed by atoms with Gasteiger partial charge in [-0.15, -0.1) is 6.58 Å². The van der Waals surface area contributed by atoms with E-state index >= 15 is 0 Å². The third-order valence-electron chi connectivity index (χ3n) is 4.03. The Morgan fingerprint density at radius 3 is 2.79 bits per heavy atom. The molecule has 1 aliphatic rings. The van der Waals surface area contributed by atoms with Crippen molar-refractivity contribution in [2.75, 3.05) is 11.4 Å². The Hall–Kier alpha value is -2.95. The van der Waals surface area contributed by atoms with Crippen LogP contribution < -0.4 is 10.2 Å². The number of carbonyl (C=O) groups excluding carboxylic acids is 2. The highest BCUT2D eigenvalue weighted by molar-refractivity contribution is 6.07. The number of nitrogens with zero attached hydrogens (tertiary/aromatic N) is 2. The summed E-state index contributed by atoms with van der Waals surface area (Å²) in [4.78, 5) is 30.9. The first-order valence-electron chi connectivity index (χ1n) is 7.89. The molecule has 0 saturated carbocycles. The molecule has 1 atom stereocenters. The van der Waals surface area contributed by atoms with Crippen LogP contribution in [0.15, 0.2) is 55.1 Å². The second kappa shape index (κ2) is 6.66. The van der Waals surface area contributed by atoms with Crippen LogP contribution in [0.1, 0.15) is 33.5 Å². The predicted octanol–water partition coefficient (Wildman–Crippen LogP) is 2.59. The first-order valence-corrected chi connectivity index (χ1v) is 7.89. The molecule has 0 bridgehead atoms. The quantitative estimate of drug-likeness (QED) is 0.881. The van der Waals surface area contributed by atoms with Gasteiger partial charge in [0, 0.05) is 18.3 Å². The van der Waals surface area contributed by atoms with Gasteiger partial charge in [0.15, 0.2) is 0 Å². The first-order chi connectivity index (χ1) is 11.6. The van der Waals surface area contributed by atoms with E-state index in [9.17, 15) is 9.59 Å². The number of carbonyl (C=O) groups is 2. The smallest absolute Gasteiger partial charge is 0.277 e. The van der Waals surface area contributed by atoms with E-state index in [0.717, 1.165) is 17.7 Å². The van der Waals surface area contributed by atoms with Crippen molar-refractivity contribution in [1.29, 1.82) is 0 Å². The van der Waals surface area contributed by atoms with Crippen LogP contribution in [0.2, 0.25) is 0 Å². The topological polar surface area (TPSA) is 62.3 Å². The van der Waals surface area contributed by atoms with Crippen molar-refractivity contribution < 1.29 is 9.59 Å². The zero-order chi connectivity index (χ0) is 17.1. The van der Waals surface area contributed by atoms with E-state index in [4.69, 9.17) is 0 Å². The summed E-state index contributed by atoms with van der Waals surface area (Å²) in [5, 5.41) is 2.66. The van der Waals surface area contributed by atoms with Crippen molar-refractivity contribution in [2.45, 2.75) is 19.4 Å². The van der Waals surface area contributed by atoms with E-state index < -0.39 is 0 Å². The number of aromatic nitrogens is 1. The molecule has 1 aliphatic heterocycles. The zero-order valence-corrected chi connectivity index (χ0v) is 13.5. The van der Waals surface area contributed by atoms with Crippen molar-refractivity contribution in [2.24, 2.45) is 0 Å². The van der Waals surface area contributed by atoms with E-state index in [-0.39, 0.29) is 29.2 Å². The van der Waals surface area contributed by atoms with E-state index in [1.54, 1.807) is 29.2 Å². The van der Waals surface area contributed by atoms with Crippen LogP contribution in [0.25, 0.3) is 0 Å². The summed E-state index contributed by atoms with van der Waals surface area (Å²) < 4.78 is 0. The summed E-state index contributed by atoms with van der Waals surface area (Å²) in [6, 6.07) is 12.8. The lowest BCUT2D eigenvalue weighted by Gasteiger charge is -2.22. The number of fused-ring (bicyclic) bond motifs is 1. The number of hydrogen-bond acceptors (Lipinski definition) is 3. The average molecular weight is 321 g/mol. The highest BCUT2D eigenvalue weighted by Gasteiger charge is 2.32. The minimum atomic E-state index is -0.320. The predicted molar refractivity (Wildman–Crippen MR) is 93.2 cm³/mol. The molecule has 0 fully saturated rings. The number of benzene rings is 1. The normalized spacial score (nSPS) is 15.7. The molecule has 3 rings (SSSR count). The van der Waals surface area contributed by atoms with Gasteiger partial charge in [0.1, 0.15) is 11.4 Å². The van der Waals surface area contributed by atoms with Crippen LogP contribution >= 0.6 is 0 Å². The number of amides is 2. The molecule has 0 saturated heterocycles. The molecule has 1 aromatic heterocycles. The van der Waals surface area contributed by atoms with Crippen molar-refractivity contribution in [3.63, 3.8) is 0 Å². The Morgan fingerprint density at radius 2 is 2.00 bits per heavy atom. The summed E-state index contributed by atoms with van der Waals surface area (Å²) in [6.07, 6.45) is 2.41. The van der Waals surface area contributed by atoms with E-state index in [1.165, 1.54) is 0 Å². The van der Waals surface area contributed by atoms with Gasteiger partial charge in [0.05, 0.1) is 0 Å². The van der Waals surface area contributed by atoms with Gasteiger partial charge in [0.25, 0.3) is 11.8 Å². The number of nitrogens with one attached hydrogen (secondary N) is 1. The molecule has 5 nitrogen and oxygen atoms in total. The SMILES string of the molecule is C=CCNC(=O)c1cccc(C(=O)N2c3ccccc3CC2C)n1. The van der Waals surface area contributed by atoms with Gasteiger partial charge in [0.2, 0.25) is 0 Å². The highest BCUT2D eigenvalue weighted by atomic mass is 16.2. The van der Waals surface area contributed by atoms with Crippen LogP contribution in [0.3, 0.4) is 0 Å². The van der Waals surface area contributed by atoms with Crippen molar-refractivity contribution in [1.82, 2.24) is 10.3 Å². The molecular weight excluding hydrogens is 302 g/mol. The van der Waals surface area contributed by atoms with Crippen LogP contribution in [-0.4, -0.2) is 29.4 Å². The third kappa shape index (κ3) is 2.93. The molecule has 122 valence electrons. The molecule has 24 heavy (non-hydrogen) atoms. The van der Waals surface area contributed by atoms with Gasteiger partial charge in [-0.2, -0.15) is 0 Å². The fourth-order valence-electron chi connectivity index (χ4n) is 2.93. The molecule has 0 aliphatic carbocycles. The van der Waals surface area contributed by atoms with Crippen LogP contribution in [0.5, 0.6) is 0 Å². The summed E-state index contributed by atoms with van der Waals surface area (Å²) in [6.45, 7) is 5.93. The lowest BCUT2D eigenvalue weighted by molar-refractivity contribution is 0.0952. The molecule has 1 aromatic carbocycles. The van der Waals surface area contributed by atoms with Crippen molar-refractivity contribution >= 4 is 17.5 Å². The summed E-state index contributed by atoms with van der Waals surface area (Å²) >= 11 is 0. The number of hydrogen-bond donors (Lipinski definition) is 1. The third-order valence-corrected chi connectivity index (χ3v) is 4.03. The van der Waals surface area contributed by atoms with Crippen LogP contribution in [0, 0.1) is 0 Å². The minimum Gasteiger partial charge on any atom is -0.347 e. The molecular formula is C19H19N3O2. The summed E-state index contributed by atoms with van der Waals surface area (Å²) in [7, 11) is 0. The summed E-state index contributed by atoms with van der Waals surface area (Å²) in [5.41, 5.74) is 2.56. The maximum absolute atomic E-state index is 12.9. The first kappa shape index (κ1) is 15.9. The number of anilines is 1. The standard InChI is InChI=1S/C19H19N3O2/c1-3-11-20-18(23)15-8-6-9-16(21-15)19(24)22-13(2)12-14-7-4-5-10-17(14)22/h3-10,13H,1,11-12H2,2H3,(H,20,23). The van der Waals surface area contributed by atoms with Gasteiger partial charge in [-0.1, -0.05) is 30.3 Å². The summed E-state index contributed by atoms with van der Waals surface area (Å²) in [5.74, 6) is -0.509. The van der Waals surface area contributed by atoms with Gasteiger partial charge in [-0.3, -0.25) is 9.59 Å². The fourth-order valence-corrected chi connectivity index (χ4v) is 2.93. The molecule has 0 spiro atoms. The van der Waals surface area contributed by atoms with E-state index in [1.807, 2.05) is 31.2 Å². The van der Waals surface area contributed by atoms with Gasteiger partial charge >= 0.3 is 0 Å². The average Bonchev–Trinajstić information content (AvgIpc) is 2.94. The monoisotopic (exact) mass is 321 g/mol. The Kier molecular flexibility index (Phi) is 4.42. The van der Waals surface area contributed by atoms with E-state index in [2.05, 4.69) is 16.9 Å². The van der Waals surface area contributed by atoms with Gasteiger partial charge < -0.3 is 10.2 Å². The molecule has 1 unspecified atom stereocenters. The minimum absolute atomic E-state index is 0.0648. The van der Waals surface area contributed by atoms with Crippen molar-refractivity contribution in [3.8, 4) is 0 Å². The van der Waals surface area contributed by atoms with Gasteiger partial charge in [-0.05, 0) is 37.1 Å². The number of para-hydroxylation sites is 1. The zero-order valence-electron chi connectivity index (χ0n) is 13.5. The Morgan fingerprint density at radius 1 is 1.25 bits per heavy atom. The Labute approximate surface area is 141 Å². The van der Waals surface area contributed by atoms with Crippen LogP contribution in [-0.2, 0) is 6.42 Å². The molecule has 5 heteroatoms. The Balaban J connectivity index is 1.88. The molecule has 0 radical (unpaired) electrons. The maximum Gasteiger partial charge on any atom is 0.277 e.